The van der Waals surface area contributed by atoms with Crippen LogP contribution in [-0.4, -0.2) is 48.6 Å². The van der Waals surface area contributed by atoms with E-state index in [1.807, 2.05) is 36.1 Å². The van der Waals surface area contributed by atoms with Crippen LogP contribution in [0.15, 0.2) is 47.1 Å². The quantitative estimate of drug-likeness (QED) is 0.878. The van der Waals surface area contributed by atoms with Gasteiger partial charge in [-0.3, -0.25) is 10.1 Å². The summed E-state index contributed by atoms with van der Waals surface area (Å²) in [5.41, 5.74) is 1.07. The van der Waals surface area contributed by atoms with Gasteiger partial charge in [0.25, 0.3) is 0 Å². The number of nitrogens with one attached hydrogen (secondary N) is 1. The lowest BCUT2D eigenvalue weighted by molar-refractivity contribution is -0.130. The van der Waals surface area contributed by atoms with E-state index in [1.165, 1.54) is 0 Å². The molecule has 0 spiro atoms. The molecular formula is C18H23N3O3. The average molecular weight is 329 g/mol. The third kappa shape index (κ3) is 3.89. The number of rotatable bonds is 5. The number of hydrogen-bond acceptors (Lipinski definition) is 5. The van der Waals surface area contributed by atoms with E-state index in [0.717, 1.165) is 24.5 Å². The number of phenolic OH excluding ortho intramolecular Hbond substituents is 1. The number of carbonyl (C=O) groups is 1. The molecule has 1 aromatic heterocycles. The second-order valence-corrected chi connectivity index (χ2v) is 6.00. The van der Waals surface area contributed by atoms with Crippen molar-refractivity contribution >= 4 is 11.6 Å². The SMILES string of the molecule is C[C@H](NCC(=O)N1CCN(c2ccc(O)cc2)CC1)c1ccco1. The number of phenols is 1. The molecule has 2 heterocycles. The molecule has 0 bridgehead atoms. The van der Waals surface area contributed by atoms with Crippen LogP contribution in [0, 0.1) is 0 Å². The highest BCUT2D eigenvalue weighted by molar-refractivity contribution is 5.78. The largest absolute Gasteiger partial charge is 0.508 e. The van der Waals surface area contributed by atoms with Gasteiger partial charge in [0.1, 0.15) is 11.5 Å². The van der Waals surface area contributed by atoms with Crippen LogP contribution in [0.5, 0.6) is 5.75 Å². The van der Waals surface area contributed by atoms with Crippen LogP contribution in [0.25, 0.3) is 0 Å². The molecule has 1 fully saturated rings. The van der Waals surface area contributed by atoms with E-state index in [2.05, 4.69) is 10.2 Å². The molecule has 6 heteroatoms. The Hall–Kier alpha value is -2.47. The molecule has 1 atom stereocenters. The molecular weight excluding hydrogens is 306 g/mol. The zero-order chi connectivity index (χ0) is 16.9. The maximum atomic E-state index is 12.3. The van der Waals surface area contributed by atoms with E-state index in [9.17, 15) is 9.90 Å². The number of hydrogen-bond donors (Lipinski definition) is 2. The second-order valence-electron chi connectivity index (χ2n) is 6.00. The first-order chi connectivity index (χ1) is 11.6. The maximum Gasteiger partial charge on any atom is 0.236 e. The van der Waals surface area contributed by atoms with Crippen molar-refractivity contribution < 1.29 is 14.3 Å². The number of nitrogens with zero attached hydrogens (tertiary/aromatic N) is 2. The molecule has 1 aliphatic heterocycles. The zero-order valence-corrected chi connectivity index (χ0v) is 13.8. The highest BCUT2D eigenvalue weighted by atomic mass is 16.3. The normalized spacial score (nSPS) is 16.2. The highest BCUT2D eigenvalue weighted by Gasteiger charge is 2.21. The Labute approximate surface area is 141 Å². The maximum absolute atomic E-state index is 12.3. The van der Waals surface area contributed by atoms with Crippen molar-refractivity contribution in [1.29, 1.82) is 0 Å². The molecule has 2 aromatic rings. The van der Waals surface area contributed by atoms with E-state index in [1.54, 1.807) is 18.4 Å². The molecule has 0 aliphatic carbocycles. The molecule has 0 unspecified atom stereocenters. The summed E-state index contributed by atoms with van der Waals surface area (Å²) in [6, 6.07) is 10.9. The molecule has 0 radical (unpaired) electrons. The third-order valence-corrected chi connectivity index (χ3v) is 4.38. The fourth-order valence-corrected chi connectivity index (χ4v) is 2.87. The van der Waals surface area contributed by atoms with Gasteiger partial charge in [-0.2, -0.15) is 0 Å². The van der Waals surface area contributed by atoms with E-state index in [0.29, 0.717) is 19.6 Å². The van der Waals surface area contributed by atoms with Gasteiger partial charge in [0, 0.05) is 31.9 Å². The van der Waals surface area contributed by atoms with Gasteiger partial charge in [0.05, 0.1) is 18.8 Å². The Morgan fingerprint density at radius 2 is 1.92 bits per heavy atom. The summed E-state index contributed by atoms with van der Waals surface area (Å²) in [6.45, 7) is 5.29. The number of amides is 1. The van der Waals surface area contributed by atoms with Gasteiger partial charge in [-0.15, -0.1) is 0 Å². The van der Waals surface area contributed by atoms with E-state index < -0.39 is 0 Å². The third-order valence-electron chi connectivity index (χ3n) is 4.38. The standard InChI is InChI=1S/C18H23N3O3/c1-14(17-3-2-12-24-17)19-13-18(23)21-10-8-20(9-11-21)15-4-6-16(22)7-5-15/h2-7,12,14,19,22H,8-11,13H2,1H3/t14-/m0/s1. The smallest absolute Gasteiger partial charge is 0.236 e. The molecule has 1 aromatic carbocycles. The van der Waals surface area contributed by atoms with Gasteiger partial charge in [-0.25, -0.2) is 0 Å². The summed E-state index contributed by atoms with van der Waals surface area (Å²) in [4.78, 5) is 16.5. The number of anilines is 1. The van der Waals surface area contributed by atoms with Crippen molar-refractivity contribution in [1.82, 2.24) is 10.2 Å². The van der Waals surface area contributed by atoms with Crippen molar-refractivity contribution in [2.45, 2.75) is 13.0 Å². The Morgan fingerprint density at radius 1 is 1.21 bits per heavy atom. The molecule has 6 nitrogen and oxygen atoms in total. The number of benzene rings is 1. The molecule has 1 saturated heterocycles. The minimum Gasteiger partial charge on any atom is -0.508 e. The van der Waals surface area contributed by atoms with Crippen LogP contribution in [-0.2, 0) is 4.79 Å². The van der Waals surface area contributed by atoms with Crippen molar-refractivity contribution in [3.05, 3.63) is 48.4 Å². The Bertz CT molecular complexity index is 647. The van der Waals surface area contributed by atoms with Gasteiger partial charge in [-0.1, -0.05) is 0 Å². The van der Waals surface area contributed by atoms with Crippen molar-refractivity contribution in [2.75, 3.05) is 37.6 Å². The highest BCUT2D eigenvalue weighted by Crippen LogP contribution is 2.20. The first kappa shape index (κ1) is 16.4. The predicted octanol–water partition coefficient (Wildman–Crippen LogP) is 1.98. The van der Waals surface area contributed by atoms with Gasteiger partial charge >= 0.3 is 0 Å². The summed E-state index contributed by atoms with van der Waals surface area (Å²) in [6.07, 6.45) is 1.64. The lowest BCUT2D eigenvalue weighted by atomic mass is 10.2. The minimum atomic E-state index is 0.0160. The fraction of sp³-hybridized carbons (Fsp3) is 0.389. The van der Waals surface area contributed by atoms with Crippen LogP contribution in [0.4, 0.5) is 5.69 Å². The molecule has 0 saturated carbocycles. The van der Waals surface area contributed by atoms with Gasteiger partial charge < -0.3 is 19.3 Å². The van der Waals surface area contributed by atoms with E-state index in [4.69, 9.17) is 4.42 Å². The van der Waals surface area contributed by atoms with Crippen LogP contribution in [0.1, 0.15) is 18.7 Å². The summed E-state index contributed by atoms with van der Waals surface area (Å²) < 4.78 is 5.33. The summed E-state index contributed by atoms with van der Waals surface area (Å²) in [5, 5.41) is 12.6. The average Bonchev–Trinajstić information content (AvgIpc) is 3.15. The summed E-state index contributed by atoms with van der Waals surface area (Å²) >= 11 is 0. The topological polar surface area (TPSA) is 69.0 Å². The summed E-state index contributed by atoms with van der Waals surface area (Å²) in [7, 11) is 0. The van der Waals surface area contributed by atoms with Gasteiger partial charge in [0.2, 0.25) is 5.91 Å². The van der Waals surface area contributed by atoms with Gasteiger partial charge in [-0.05, 0) is 43.3 Å². The lowest BCUT2D eigenvalue weighted by Crippen LogP contribution is -2.51. The van der Waals surface area contributed by atoms with E-state index in [-0.39, 0.29) is 17.7 Å². The fourth-order valence-electron chi connectivity index (χ4n) is 2.87. The van der Waals surface area contributed by atoms with Crippen LogP contribution in [0.3, 0.4) is 0 Å². The molecule has 1 amide bonds. The number of aromatic hydroxyl groups is 1. The molecule has 128 valence electrons. The van der Waals surface area contributed by atoms with Crippen LogP contribution < -0.4 is 10.2 Å². The van der Waals surface area contributed by atoms with Crippen molar-refractivity contribution in [3.63, 3.8) is 0 Å². The van der Waals surface area contributed by atoms with Crippen molar-refractivity contribution in [2.24, 2.45) is 0 Å². The van der Waals surface area contributed by atoms with Crippen LogP contribution >= 0.6 is 0 Å². The molecule has 24 heavy (non-hydrogen) atoms. The number of piperazine rings is 1. The molecule has 2 N–H and O–H groups in total. The van der Waals surface area contributed by atoms with Crippen molar-refractivity contribution in [3.8, 4) is 5.75 Å². The lowest BCUT2D eigenvalue weighted by Gasteiger charge is -2.36. The monoisotopic (exact) mass is 329 g/mol. The number of carbonyl (C=O) groups excluding carboxylic acids is 1. The molecule has 3 rings (SSSR count). The second kappa shape index (κ2) is 7.40. The molecule has 1 aliphatic rings. The number of furan rings is 1. The first-order valence-electron chi connectivity index (χ1n) is 8.22. The minimum absolute atomic E-state index is 0.0160. The van der Waals surface area contributed by atoms with Crippen LogP contribution in [0.2, 0.25) is 0 Å². The Morgan fingerprint density at radius 3 is 2.54 bits per heavy atom. The Balaban J connectivity index is 1.45. The summed E-state index contributed by atoms with van der Waals surface area (Å²) in [5.74, 6) is 1.21. The Kier molecular flexibility index (Phi) is 5.05. The predicted molar refractivity (Wildman–Crippen MR) is 92.0 cm³/mol. The first-order valence-corrected chi connectivity index (χ1v) is 8.22. The van der Waals surface area contributed by atoms with E-state index >= 15 is 0 Å². The zero-order valence-electron chi connectivity index (χ0n) is 13.8. The van der Waals surface area contributed by atoms with Gasteiger partial charge in [0.15, 0.2) is 0 Å².